The number of carboxylic acids is 1. The SMILES string of the molecule is O=C1Oc2c(Cl)cc(Cl)cc2[C@H]2c3sc(=O)[nH]c3S[C@@H](C(=O)O)[C@@H]12. The summed E-state index contributed by atoms with van der Waals surface area (Å²) >= 11 is 14.1. The summed E-state index contributed by atoms with van der Waals surface area (Å²) in [5.41, 5.74) is 0.514. The fourth-order valence-electron chi connectivity index (χ4n) is 3.04. The fourth-order valence-corrected chi connectivity index (χ4v) is 5.99. The van der Waals surface area contributed by atoms with Crippen LogP contribution in [0.4, 0.5) is 0 Å². The van der Waals surface area contributed by atoms with Crippen LogP contribution < -0.4 is 9.61 Å². The van der Waals surface area contributed by atoms with E-state index in [0.717, 1.165) is 23.1 Å². The van der Waals surface area contributed by atoms with Gasteiger partial charge in [0.15, 0.2) is 5.75 Å². The van der Waals surface area contributed by atoms with Crippen LogP contribution in [0, 0.1) is 5.92 Å². The molecule has 124 valence electrons. The molecule has 2 aromatic rings. The molecular weight excluding hydrogens is 397 g/mol. The molecule has 2 aliphatic rings. The average Bonchev–Trinajstić information content (AvgIpc) is 2.87. The summed E-state index contributed by atoms with van der Waals surface area (Å²) in [5, 5.41) is 9.40. The smallest absolute Gasteiger partial charge is 0.317 e. The number of aromatic amines is 1. The fraction of sp³-hybridized carbons (Fsp3) is 0.214. The molecule has 10 heteroatoms. The molecule has 0 bridgehead atoms. The predicted octanol–water partition coefficient (Wildman–Crippen LogP) is 2.97. The minimum atomic E-state index is -1.15. The number of nitrogens with one attached hydrogen (secondary N) is 1. The number of rotatable bonds is 1. The molecule has 1 aromatic heterocycles. The van der Waals surface area contributed by atoms with E-state index in [1.807, 2.05) is 0 Å². The number of carbonyl (C=O) groups excluding carboxylic acids is 1. The highest BCUT2D eigenvalue weighted by Crippen LogP contribution is 2.55. The van der Waals surface area contributed by atoms with Gasteiger partial charge < -0.3 is 14.8 Å². The molecule has 2 N–H and O–H groups in total. The molecule has 0 unspecified atom stereocenters. The van der Waals surface area contributed by atoms with Crippen molar-refractivity contribution in [1.82, 2.24) is 4.98 Å². The summed E-state index contributed by atoms with van der Waals surface area (Å²) in [4.78, 5) is 38.8. The number of carboxylic acid groups (broad SMARTS) is 1. The highest BCUT2D eigenvalue weighted by atomic mass is 35.5. The zero-order chi connectivity index (χ0) is 17.2. The Balaban J connectivity index is 2.02. The number of thiazole rings is 1. The summed E-state index contributed by atoms with van der Waals surface area (Å²) in [6.45, 7) is 0. The van der Waals surface area contributed by atoms with Crippen molar-refractivity contribution in [1.29, 1.82) is 0 Å². The van der Waals surface area contributed by atoms with Gasteiger partial charge in [0.1, 0.15) is 5.25 Å². The highest BCUT2D eigenvalue weighted by molar-refractivity contribution is 8.00. The molecule has 0 aliphatic carbocycles. The summed E-state index contributed by atoms with van der Waals surface area (Å²) in [5.74, 6) is -3.27. The second kappa shape index (κ2) is 5.52. The quantitative estimate of drug-likeness (QED) is 0.561. The minimum Gasteiger partial charge on any atom is -0.480 e. The van der Waals surface area contributed by atoms with E-state index in [9.17, 15) is 19.5 Å². The zero-order valence-corrected chi connectivity index (χ0v) is 14.7. The molecule has 6 nitrogen and oxygen atoms in total. The van der Waals surface area contributed by atoms with Crippen molar-refractivity contribution in [3.63, 3.8) is 0 Å². The number of aromatic nitrogens is 1. The molecule has 0 radical (unpaired) electrons. The molecular formula is C14H7Cl2NO5S2. The number of carbonyl (C=O) groups is 2. The lowest BCUT2D eigenvalue weighted by Crippen LogP contribution is -2.44. The standard InChI is InChI=1S/C14H7Cl2NO5S2/c15-3-1-4-6-7(13(20)22-8(4)5(16)2-3)10(12(18)19)23-11-9(6)24-14(21)17-11/h1-2,6-7,10H,(H,17,21)(H,18,19)/t6-,7+,10-/m1/s1. The minimum absolute atomic E-state index is 0.162. The van der Waals surface area contributed by atoms with E-state index >= 15 is 0 Å². The van der Waals surface area contributed by atoms with Gasteiger partial charge >= 0.3 is 16.8 Å². The topological polar surface area (TPSA) is 96.5 Å². The van der Waals surface area contributed by atoms with Crippen LogP contribution in [0.1, 0.15) is 16.4 Å². The maximum Gasteiger partial charge on any atom is 0.317 e. The first kappa shape index (κ1) is 16.0. The van der Waals surface area contributed by atoms with Gasteiger partial charge in [0.2, 0.25) is 0 Å². The first-order valence-corrected chi connectivity index (χ1v) is 9.15. The third-order valence-electron chi connectivity index (χ3n) is 3.94. The van der Waals surface area contributed by atoms with E-state index in [0.29, 0.717) is 20.5 Å². The van der Waals surface area contributed by atoms with Gasteiger partial charge in [0.05, 0.1) is 16.0 Å². The Bertz CT molecular complexity index is 953. The monoisotopic (exact) mass is 403 g/mol. The van der Waals surface area contributed by atoms with Crippen LogP contribution in [0.25, 0.3) is 0 Å². The van der Waals surface area contributed by atoms with Gasteiger partial charge in [-0.1, -0.05) is 46.3 Å². The number of ether oxygens (including phenoxy) is 1. The van der Waals surface area contributed by atoms with Crippen LogP contribution in [0.15, 0.2) is 22.0 Å². The van der Waals surface area contributed by atoms with Crippen molar-refractivity contribution in [3.8, 4) is 5.75 Å². The second-order valence-electron chi connectivity index (χ2n) is 5.32. The zero-order valence-electron chi connectivity index (χ0n) is 11.5. The van der Waals surface area contributed by atoms with Crippen LogP contribution >= 0.6 is 46.3 Å². The normalized spacial score (nSPS) is 24.6. The highest BCUT2D eigenvalue weighted by Gasteiger charge is 2.52. The second-order valence-corrected chi connectivity index (χ2v) is 8.33. The van der Waals surface area contributed by atoms with Gasteiger partial charge in [-0.15, -0.1) is 0 Å². The van der Waals surface area contributed by atoms with E-state index < -0.39 is 29.0 Å². The molecule has 3 heterocycles. The summed E-state index contributed by atoms with van der Waals surface area (Å²) in [7, 11) is 0. The van der Waals surface area contributed by atoms with Gasteiger partial charge in [-0.25, -0.2) is 0 Å². The maximum atomic E-state index is 12.5. The number of H-pyrrole nitrogens is 1. The molecule has 3 atom stereocenters. The molecule has 24 heavy (non-hydrogen) atoms. The van der Waals surface area contributed by atoms with Crippen LogP contribution in [-0.2, 0) is 9.59 Å². The van der Waals surface area contributed by atoms with Crippen molar-refractivity contribution in [2.75, 3.05) is 0 Å². The van der Waals surface area contributed by atoms with Crippen LogP contribution in [0.5, 0.6) is 5.75 Å². The number of halogens is 2. The number of hydrogen-bond acceptors (Lipinski definition) is 6. The van der Waals surface area contributed by atoms with Crippen LogP contribution in [0.2, 0.25) is 10.0 Å². The Kier molecular flexibility index (Phi) is 3.68. The van der Waals surface area contributed by atoms with Crippen molar-refractivity contribution in [3.05, 3.63) is 42.3 Å². The molecule has 0 spiro atoms. The van der Waals surface area contributed by atoms with Gasteiger partial charge in [0, 0.05) is 21.4 Å². The van der Waals surface area contributed by atoms with Gasteiger partial charge in [-0.05, 0) is 12.1 Å². The molecule has 0 saturated heterocycles. The lowest BCUT2D eigenvalue weighted by Gasteiger charge is -2.37. The molecule has 0 fully saturated rings. The number of esters is 1. The maximum absolute atomic E-state index is 12.5. The summed E-state index contributed by atoms with van der Waals surface area (Å²) in [6, 6.07) is 3.04. The van der Waals surface area contributed by atoms with Gasteiger partial charge in [-0.3, -0.25) is 14.4 Å². The Morgan fingerprint density at radius 1 is 1.29 bits per heavy atom. The first-order chi connectivity index (χ1) is 11.4. The predicted molar refractivity (Wildman–Crippen MR) is 89.7 cm³/mol. The average molecular weight is 404 g/mol. The molecule has 0 saturated carbocycles. The summed E-state index contributed by atoms with van der Waals surface area (Å²) < 4.78 is 5.30. The van der Waals surface area contributed by atoms with Crippen molar-refractivity contribution in [2.24, 2.45) is 5.92 Å². The number of hydrogen-bond donors (Lipinski definition) is 2. The van der Waals surface area contributed by atoms with Gasteiger partial charge in [-0.2, -0.15) is 0 Å². The largest absolute Gasteiger partial charge is 0.480 e. The summed E-state index contributed by atoms with van der Waals surface area (Å²) in [6.07, 6.45) is 0. The number of benzene rings is 1. The van der Waals surface area contributed by atoms with E-state index in [-0.39, 0.29) is 15.6 Å². The Morgan fingerprint density at radius 2 is 2.04 bits per heavy atom. The Morgan fingerprint density at radius 3 is 2.75 bits per heavy atom. The van der Waals surface area contributed by atoms with E-state index in [2.05, 4.69) is 4.98 Å². The molecule has 4 rings (SSSR count). The Labute approximate surface area is 152 Å². The number of aliphatic carboxylic acids is 1. The third kappa shape index (κ3) is 2.28. The van der Waals surface area contributed by atoms with E-state index in [1.54, 1.807) is 6.07 Å². The van der Waals surface area contributed by atoms with Gasteiger partial charge in [0.25, 0.3) is 0 Å². The van der Waals surface area contributed by atoms with Crippen molar-refractivity contribution in [2.45, 2.75) is 16.2 Å². The number of fused-ring (bicyclic) bond motifs is 5. The van der Waals surface area contributed by atoms with Crippen LogP contribution in [0.3, 0.4) is 0 Å². The van der Waals surface area contributed by atoms with Crippen molar-refractivity contribution >= 4 is 58.2 Å². The molecule has 1 aromatic carbocycles. The Hall–Kier alpha value is -1.48. The van der Waals surface area contributed by atoms with Crippen LogP contribution in [-0.4, -0.2) is 27.3 Å². The lowest BCUT2D eigenvalue weighted by molar-refractivity contribution is -0.147. The van der Waals surface area contributed by atoms with E-state index in [1.165, 1.54) is 6.07 Å². The third-order valence-corrected chi connectivity index (χ3v) is 6.85. The lowest BCUT2D eigenvalue weighted by atomic mass is 9.80. The molecule has 2 aliphatic heterocycles. The van der Waals surface area contributed by atoms with E-state index in [4.69, 9.17) is 27.9 Å². The van der Waals surface area contributed by atoms with Crippen molar-refractivity contribution < 1.29 is 19.4 Å². The molecule has 0 amide bonds. The number of thioether (sulfide) groups is 1. The first-order valence-electron chi connectivity index (χ1n) is 6.70.